The van der Waals surface area contributed by atoms with Gasteiger partial charge in [0.25, 0.3) is 0 Å². The minimum Gasteiger partial charge on any atom is -0.364 e. The molecule has 0 bridgehead atoms. The van der Waals surface area contributed by atoms with Crippen molar-refractivity contribution >= 4 is 21.6 Å². The van der Waals surface area contributed by atoms with Gasteiger partial charge < -0.3 is 9.80 Å². The van der Waals surface area contributed by atoms with Crippen LogP contribution in [0.2, 0.25) is 0 Å². The minimum atomic E-state index is -3.61. The summed E-state index contributed by atoms with van der Waals surface area (Å²) in [7, 11) is -3.61. The van der Waals surface area contributed by atoms with Crippen LogP contribution in [-0.2, 0) is 14.8 Å². The lowest BCUT2D eigenvalue weighted by atomic mass is 9.88. The van der Waals surface area contributed by atoms with Gasteiger partial charge >= 0.3 is 0 Å². The van der Waals surface area contributed by atoms with Crippen molar-refractivity contribution in [2.45, 2.75) is 68.8 Å². The average molecular weight is 418 g/mol. The van der Waals surface area contributed by atoms with Gasteiger partial charge in [0.2, 0.25) is 15.9 Å². The number of benzene rings is 1. The second-order valence-electron chi connectivity index (χ2n) is 9.69. The number of sulfonamides is 1. The Balaban J connectivity index is 1.50. The van der Waals surface area contributed by atoms with Gasteiger partial charge in [0.05, 0.1) is 17.8 Å². The number of fused-ring (bicyclic) bond motifs is 2. The van der Waals surface area contributed by atoms with Crippen molar-refractivity contribution in [3.05, 3.63) is 24.3 Å². The molecule has 2 aliphatic heterocycles. The van der Waals surface area contributed by atoms with E-state index in [4.69, 9.17) is 0 Å². The number of amides is 1. The molecule has 1 amide bonds. The van der Waals surface area contributed by atoms with E-state index in [9.17, 15) is 13.2 Å². The Kier molecular flexibility index (Phi) is 4.66. The van der Waals surface area contributed by atoms with E-state index in [0.29, 0.717) is 23.9 Å². The van der Waals surface area contributed by atoms with Gasteiger partial charge in [-0.05, 0) is 43.7 Å². The molecule has 0 unspecified atom stereocenters. The van der Waals surface area contributed by atoms with Gasteiger partial charge in [-0.25, -0.2) is 13.1 Å². The summed E-state index contributed by atoms with van der Waals surface area (Å²) in [6.07, 6.45) is 8.11. The molecule has 2 atom stereocenters. The zero-order chi connectivity index (χ0) is 20.2. The maximum atomic E-state index is 13.1. The van der Waals surface area contributed by atoms with Gasteiger partial charge in [-0.3, -0.25) is 4.79 Å². The third-order valence-corrected chi connectivity index (χ3v) is 8.98. The molecular formula is C22H31N3O3S. The lowest BCUT2D eigenvalue weighted by Crippen LogP contribution is -2.50. The van der Waals surface area contributed by atoms with Crippen molar-refractivity contribution in [2.24, 2.45) is 11.3 Å². The number of anilines is 1. The Hall–Kier alpha value is -1.60. The largest absolute Gasteiger partial charge is 0.364 e. The summed E-state index contributed by atoms with van der Waals surface area (Å²) in [6.45, 7) is 3.97. The maximum Gasteiger partial charge on any atom is 0.243 e. The standard InChI is InChI=1S/C22H31N3O3S/c1-22(11-12-22)21(26)24-14-17-19(15-24)25(13-16-7-3-2-4-8-16)18-9-5-6-10-20(18)29(27,28)23-17/h5-6,9-10,16-17,19,23H,2-4,7-8,11-15H2,1H3/t17-,19+/m0/s1. The van der Waals surface area contributed by atoms with Crippen molar-refractivity contribution in [3.63, 3.8) is 0 Å². The normalized spacial score (nSPS) is 30.4. The summed E-state index contributed by atoms with van der Waals surface area (Å²) in [4.78, 5) is 17.6. The molecule has 29 heavy (non-hydrogen) atoms. The number of hydrogen-bond donors (Lipinski definition) is 1. The molecular weight excluding hydrogens is 386 g/mol. The molecule has 2 aliphatic carbocycles. The van der Waals surface area contributed by atoms with Crippen LogP contribution in [0.25, 0.3) is 0 Å². The van der Waals surface area contributed by atoms with Crippen LogP contribution in [0.4, 0.5) is 5.69 Å². The number of nitrogens with zero attached hydrogens (tertiary/aromatic N) is 2. The predicted octanol–water partition coefficient (Wildman–Crippen LogP) is 2.74. The molecule has 1 N–H and O–H groups in total. The van der Waals surface area contributed by atoms with Crippen molar-refractivity contribution in [1.29, 1.82) is 0 Å². The molecule has 1 saturated heterocycles. The summed E-state index contributed by atoms with van der Waals surface area (Å²) in [5.41, 5.74) is 0.569. The molecule has 6 nitrogen and oxygen atoms in total. The van der Waals surface area contributed by atoms with Crippen molar-refractivity contribution in [3.8, 4) is 0 Å². The SMILES string of the molecule is CC1(C(=O)N2C[C@@H]3NS(=O)(=O)c4ccccc4N(CC4CCCCC4)[C@@H]3C2)CC1. The van der Waals surface area contributed by atoms with Crippen molar-refractivity contribution in [2.75, 3.05) is 24.5 Å². The number of rotatable bonds is 3. The number of carbonyl (C=O) groups excluding carboxylic acids is 1. The fourth-order valence-corrected chi connectivity index (χ4v) is 6.89. The van der Waals surface area contributed by atoms with Gasteiger partial charge in [0, 0.05) is 25.0 Å². The van der Waals surface area contributed by atoms with Gasteiger partial charge in [-0.1, -0.05) is 38.3 Å². The number of carbonyl (C=O) groups is 1. The zero-order valence-corrected chi connectivity index (χ0v) is 18.0. The lowest BCUT2D eigenvalue weighted by Gasteiger charge is -2.36. The molecule has 0 aromatic heterocycles. The van der Waals surface area contributed by atoms with Crippen LogP contribution in [0.5, 0.6) is 0 Å². The molecule has 1 aromatic carbocycles. The fraction of sp³-hybridized carbons (Fsp3) is 0.682. The van der Waals surface area contributed by atoms with Crippen LogP contribution in [-0.4, -0.2) is 50.9 Å². The van der Waals surface area contributed by atoms with E-state index in [1.165, 1.54) is 32.1 Å². The van der Waals surface area contributed by atoms with Crippen LogP contribution in [0.1, 0.15) is 51.9 Å². The Morgan fingerprint density at radius 3 is 2.59 bits per heavy atom. The maximum absolute atomic E-state index is 13.1. The molecule has 2 heterocycles. The van der Waals surface area contributed by atoms with Gasteiger partial charge in [0.1, 0.15) is 4.90 Å². The van der Waals surface area contributed by atoms with Crippen LogP contribution < -0.4 is 9.62 Å². The molecule has 0 radical (unpaired) electrons. The van der Waals surface area contributed by atoms with E-state index in [1.807, 2.05) is 24.0 Å². The van der Waals surface area contributed by atoms with E-state index in [1.54, 1.807) is 12.1 Å². The highest BCUT2D eigenvalue weighted by molar-refractivity contribution is 7.89. The smallest absolute Gasteiger partial charge is 0.243 e. The molecule has 0 spiro atoms. The highest BCUT2D eigenvalue weighted by Gasteiger charge is 2.52. The first-order valence-corrected chi connectivity index (χ1v) is 12.5. The highest BCUT2D eigenvalue weighted by atomic mass is 32.2. The summed E-state index contributed by atoms with van der Waals surface area (Å²) in [5, 5.41) is 0. The molecule has 2 saturated carbocycles. The van der Waals surface area contributed by atoms with Gasteiger partial charge in [-0.2, -0.15) is 0 Å². The highest BCUT2D eigenvalue weighted by Crippen LogP contribution is 2.47. The lowest BCUT2D eigenvalue weighted by molar-refractivity contribution is -0.135. The monoisotopic (exact) mass is 417 g/mol. The third kappa shape index (κ3) is 3.46. The first-order valence-electron chi connectivity index (χ1n) is 11.0. The van der Waals surface area contributed by atoms with E-state index in [2.05, 4.69) is 9.62 Å². The van der Waals surface area contributed by atoms with E-state index < -0.39 is 10.0 Å². The Bertz CT molecular complexity index is 906. The first kappa shape index (κ1) is 19.4. The number of hydrogen-bond acceptors (Lipinski definition) is 4. The number of nitrogens with one attached hydrogen (secondary N) is 1. The number of para-hydroxylation sites is 1. The minimum absolute atomic E-state index is 0.0124. The van der Waals surface area contributed by atoms with Gasteiger partial charge in [-0.15, -0.1) is 0 Å². The summed E-state index contributed by atoms with van der Waals surface area (Å²) in [6, 6.07) is 7.09. The van der Waals surface area contributed by atoms with Crippen LogP contribution in [0.15, 0.2) is 29.2 Å². The molecule has 3 fully saturated rings. The molecule has 5 rings (SSSR count). The first-order chi connectivity index (χ1) is 13.9. The predicted molar refractivity (Wildman–Crippen MR) is 112 cm³/mol. The fourth-order valence-electron chi connectivity index (χ4n) is 5.41. The van der Waals surface area contributed by atoms with Gasteiger partial charge in [0.15, 0.2) is 0 Å². The van der Waals surface area contributed by atoms with Crippen LogP contribution >= 0.6 is 0 Å². The second-order valence-corrected chi connectivity index (χ2v) is 11.4. The summed E-state index contributed by atoms with van der Waals surface area (Å²) in [5.74, 6) is 0.777. The third-order valence-electron chi connectivity index (χ3n) is 7.44. The van der Waals surface area contributed by atoms with Crippen LogP contribution in [0, 0.1) is 11.3 Å². The van der Waals surface area contributed by atoms with Crippen LogP contribution in [0.3, 0.4) is 0 Å². The molecule has 7 heteroatoms. The second kappa shape index (κ2) is 6.98. The quantitative estimate of drug-likeness (QED) is 0.821. The Morgan fingerprint density at radius 1 is 1.14 bits per heavy atom. The Morgan fingerprint density at radius 2 is 1.86 bits per heavy atom. The number of likely N-dealkylation sites (tertiary alicyclic amines) is 1. The van der Waals surface area contributed by atoms with Crippen molar-refractivity contribution < 1.29 is 13.2 Å². The van der Waals surface area contributed by atoms with Crippen molar-refractivity contribution in [1.82, 2.24) is 9.62 Å². The van der Waals surface area contributed by atoms with E-state index in [0.717, 1.165) is 25.1 Å². The topological polar surface area (TPSA) is 69.7 Å². The molecule has 1 aromatic rings. The van der Waals surface area contributed by atoms with E-state index in [-0.39, 0.29) is 23.4 Å². The summed E-state index contributed by atoms with van der Waals surface area (Å²) < 4.78 is 29.2. The average Bonchev–Trinajstić information content (AvgIpc) is 3.36. The van der Waals surface area contributed by atoms with E-state index >= 15 is 0 Å². The Labute approximate surface area is 173 Å². The summed E-state index contributed by atoms with van der Waals surface area (Å²) >= 11 is 0. The molecule has 4 aliphatic rings. The zero-order valence-electron chi connectivity index (χ0n) is 17.1. The molecule has 158 valence electrons.